The number of hydrogen-bond donors (Lipinski definition) is 1. The summed E-state index contributed by atoms with van der Waals surface area (Å²) in [5.74, 6) is -0.542. The fourth-order valence-electron chi connectivity index (χ4n) is 2.93. The van der Waals surface area contributed by atoms with Gasteiger partial charge in [0.2, 0.25) is 5.91 Å². The number of amides is 1. The number of hydrogen-bond acceptors (Lipinski definition) is 1. The highest BCUT2D eigenvalue weighted by atomic mass is 19.4. The Morgan fingerprint density at radius 2 is 1.41 bits per heavy atom. The largest absolute Gasteiger partial charge is 0.417 e. The van der Waals surface area contributed by atoms with Crippen molar-refractivity contribution >= 4 is 17.2 Å². The van der Waals surface area contributed by atoms with Crippen LogP contribution in [0.15, 0.2) is 54.6 Å². The Bertz CT molecular complexity index is 795. The molecule has 0 saturated carbocycles. The molecule has 0 aliphatic rings. The van der Waals surface area contributed by atoms with Gasteiger partial charge in [0, 0.05) is 11.8 Å². The maximum absolute atomic E-state index is 13.5. The number of benzene rings is 2. The van der Waals surface area contributed by atoms with Gasteiger partial charge in [0.1, 0.15) is 0 Å². The summed E-state index contributed by atoms with van der Waals surface area (Å²) in [5, 5.41) is 2.70. The van der Waals surface area contributed by atoms with Crippen LogP contribution in [0.5, 0.6) is 0 Å². The van der Waals surface area contributed by atoms with Crippen LogP contribution < -0.4 is 5.32 Å². The molecule has 0 aliphatic heterocycles. The summed E-state index contributed by atoms with van der Waals surface area (Å²) in [6, 6.07) is 13.0. The van der Waals surface area contributed by atoms with E-state index in [1.807, 2.05) is 45.9 Å². The van der Waals surface area contributed by atoms with Crippen molar-refractivity contribution in [3.05, 3.63) is 71.3 Å². The summed E-state index contributed by atoms with van der Waals surface area (Å²) in [6.07, 6.45) is -3.99. The molecule has 2 aromatic carbocycles. The molecule has 0 fully saturated rings. The summed E-state index contributed by atoms with van der Waals surface area (Å²) in [4.78, 5) is 12.5. The van der Waals surface area contributed by atoms with Crippen LogP contribution in [0.3, 0.4) is 0 Å². The minimum atomic E-state index is -4.63. The predicted octanol–water partition coefficient (Wildman–Crippen LogP) is 6.52. The number of nitrogens with one attached hydrogen (secondary N) is 1. The summed E-state index contributed by atoms with van der Waals surface area (Å²) >= 11 is 0. The molecule has 0 radical (unpaired) electrons. The third kappa shape index (κ3) is 5.22. The van der Waals surface area contributed by atoms with E-state index in [0.717, 1.165) is 11.1 Å². The monoisotopic (exact) mass is 375 g/mol. The molecule has 0 spiro atoms. The molecule has 2 rings (SSSR count). The second-order valence-electron chi connectivity index (χ2n) is 7.03. The summed E-state index contributed by atoms with van der Waals surface area (Å²) < 4.78 is 40.4. The highest BCUT2D eigenvalue weighted by molar-refractivity contribution is 6.05. The Morgan fingerprint density at radius 3 is 1.85 bits per heavy atom. The van der Waals surface area contributed by atoms with Crippen molar-refractivity contribution in [3.8, 4) is 0 Å². The van der Waals surface area contributed by atoms with Gasteiger partial charge in [0.25, 0.3) is 0 Å². The van der Waals surface area contributed by atoms with E-state index in [-0.39, 0.29) is 17.4 Å². The fraction of sp³-hybridized carbons (Fsp3) is 0.318. The molecule has 1 N–H and O–H groups in total. The Kier molecular flexibility index (Phi) is 6.47. The van der Waals surface area contributed by atoms with Crippen LogP contribution in [0.2, 0.25) is 0 Å². The summed E-state index contributed by atoms with van der Waals surface area (Å²) in [5.41, 5.74) is 1.39. The van der Waals surface area contributed by atoms with E-state index in [2.05, 4.69) is 5.32 Å². The minimum absolute atomic E-state index is 0.0404. The van der Waals surface area contributed by atoms with Gasteiger partial charge < -0.3 is 5.32 Å². The molecule has 0 aromatic heterocycles. The highest BCUT2D eigenvalue weighted by Gasteiger charge is 2.35. The molecule has 2 aromatic rings. The number of anilines is 1. The zero-order valence-corrected chi connectivity index (χ0v) is 15.9. The lowest BCUT2D eigenvalue weighted by molar-refractivity contribution is -0.112. The molecule has 0 aliphatic carbocycles. The quantitative estimate of drug-likeness (QED) is 0.592. The van der Waals surface area contributed by atoms with Crippen LogP contribution in [-0.4, -0.2) is 12.1 Å². The highest BCUT2D eigenvalue weighted by Crippen LogP contribution is 2.35. The molecule has 0 bridgehead atoms. The maximum Gasteiger partial charge on any atom is 0.417 e. The van der Waals surface area contributed by atoms with E-state index in [1.165, 1.54) is 24.3 Å². The molecule has 2 nitrogen and oxygen atoms in total. The van der Waals surface area contributed by atoms with Crippen LogP contribution in [0.4, 0.5) is 18.9 Å². The number of carbonyl (C=O) groups excluding carboxylic acids is 1. The molecule has 0 saturated heterocycles. The summed E-state index contributed by atoms with van der Waals surface area (Å²) in [6.45, 7) is 7.93. The lowest BCUT2D eigenvalue weighted by atomic mass is 9.92. The van der Waals surface area contributed by atoms with Crippen molar-refractivity contribution in [3.63, 3.8) is 0 Å². The standard InChI is InChI=1S/C22H24F3NO/c1-14(2)17-11-8-12-18(15(3)4)21(17)26-20(27)13-19(22(23,24)25)16-9-6-5-7-10-16/h5-15H,1-4H3,(H,26,27)/b19-13-. The number of para-hydroxylation sites is 1. The first-order valence-corrected chi connectivity index (χ1v) is 8.89. The average Bonchev–Trinajstić information content (AvgIpc) is 2.59. The number of halogens is 3. The van der Waals surface area contributed by atoms with Crippen LogP contribution in [-0.2, 0) is 4.79 Å². The van der Waals surface area contributed by atoms with Crippen molar-refractivity contribution in [1.29, 1.82) is 0 Å². The Labute approximate surface area is 158 Å². The van der Waals surface area contributed by atoms with Crippen molar-refractivity contribution < 1.29 is 18.0 Å². The molecule has 27 heavy (non-hydrogen) atoms. The number of carbonyl (C=O) groups is 1. The molecule has 0 atom stereocenters. The van der Waals surface area contributed by atoms with Gasteiger partial charge in [-0.15, -0.1) is 0 Å². The van der Waals surface area contributed by atoms with Crippen molar-refractivity contribution in [2.45, 2.75) is 45.7 Å². The first-order valence-electron chi connectivity index (χ1n) is 8.89. The van der Waals surface area contributed by atoms with E-state index in [0.29, 0.717) is 11.8 Å². The second kappa shape index (κ2) is 8.42. The first-order chi connectivity index (χ1) is 12.6. The molecule has 5 heteroatoms. The van der Waals surface area contributed by atoms with Gasteiger partial charge in [-0.2, -0.15) is 13.2 Å². The second-order valence-corrected chi connectivity index (χ2v) is 7.03. The third-order valence-electron chi connectivity index (χ3n) is 4.29. The van der Waals surface area contributed by atoms with E-state index in [4.69, 9.17) is 0 Å². The van der Waals surface area contributed by atoms with Crippen LogP contribution in [0, 0.1) is 0 Å². The molecule has 0 unspecified atom stereocenters. The Balaban J connectivity index is 2.45. The lowest BCUT2D eigenvalue weighted by Crippen LogP contribution is -2.17. The zero-order chi connectivity index (χ0) is 20.2. The van der Waals surface area contributed by atoms with Gasteiger partial charge in [-0.1, -0.05) is 76.2 Å². The molecule has 0 heterocycles. The van der Waals surface area contributed by atoms with Gasteiger partial charge in [0.05, 0.1) is 5.57 Å². The van der Waals surface area contributed by atoms with Gasteiger partial charge >= 0.3 is 6.18 Å². The Morgan fingerprint density at radius 1 is 0.889 bits per heavy atom. The van der Waals surface area contributed by atoms with Gasteiger partial charge in [-0.05, 0) is 28.5 Å². The minimum Gasteiger partial charge on any atom is -0.322 e. The first kappa shape index (κ1) is 20.7. The third-order valence-corrected chi connectivity index (χ3v) is 4.29. The average molecular weight is 375 g/mol. The summed E-state index contributed by atoms with van der Waals surface area (Å²) in [7, 11) is 0. The van der Waals surface area contributed by atoms with Crippen molar-refractivity contribution in [2.24, 2.45) is 0 Å². The van der Waals surface area contributed by atoms with E-state index >= 15 is 0 Å². The molecular weight excluding hydrogens is 351 g/mol. The predicted molar refractivity (Wildman–Crippen MR) is 104 cm³/mol. The van der Waals surface area contributed by atoms with Crippen LogP contribution >= 0.6 is 0 Å². The topological polar surface area (TPSA) is 29.1 Å². The van der Waals surface area contributed by atoms with Crippen LogP contribution in [0.25, 0.3) is 5.57 Å². The SMILES string of the molecule is CC(C)c1cccc(C(C)C)c1NC(=O)/C=C(/c1ccccc1)C(F)(F)F. The van der Waals surface area contributed by atoms with Gasteiger partial charge in [0.15, 0.2) is 0 Å². The fourth-order valence-corrected chi connectivity index (χ4v) is 2.93. The smallest absolute Gasteiger partial charge is 0.322 e. The lowest BCUT2D eigenvalue weighted by Gasteiger charge is -2.20. The van der Waals surface area contributed by atoms with Gasteiger partial charge in [-0.25, -0.2) is 0 Å². The zero-order valence-electron chi connectivity index (χ0n) is 15.9. The number of rotatable bonds is 5. The molecule has 144 valence electrons. The molecule has 1 amide bonds. The van der Waals surface area contributed by atoms with E-state index in [9.17, 15) is 18.0 Å². The van der Waals surface area contributed by atoms with Gasteiger partial charge in [-0.3, -0.25) is 4.79 Å². The van der Waals surface area contributed by atoms with E-state index < -0.39 is 17.7 Å². The van der Waals surface area contributed by atoms with Crippen molar-refractivity contribution in [2.75, 3.05) is 5.32 Å². The number of allylic oxidation sites excluding steroid dienone is 1. The Hall–Kier alpha value is -2.56. The van der Waals surface area contributed by atoms with E-state index in [1.54, 1.807) is 6.07 Å². The number of alkyl halides is 3. The normalized spacial score (nSPS) is 12.6. The van der Waals surface area contributed by atoms with Crippen LogP contribution in [0.1, 0.15) is 56.2 Å². The maximum atomic E-state index is 13.5. The van der Waals surface area contributed by atoms with Crippen molar-refractivity contribution in [1.82, 2.24) is 0 Å². The molecular formula is C22H24F3NO.